The van der Waals surface area contributed by atoms with Gasteiger partial charge in [-0.25, -0.2) is 0 Å². The van der Waals surface area contributed by atoms with Gasteiger partial charge in [0.15, 0.2) is 11.5 Å². The fourth-order valence-electron chi connectivity index (χ4n) is 1.76. The largest absolute Gasteiger partial charge is 0.493 e. The molecular formula is C16H14F3NO2. The van der Waals surface area contributed by atoms with E-state index in [9.17, 15) is 13.2 Å². The summed E-state index contributed by atoms with van der Waals surface area (Å²) < 4.78 is 42.6. The molecule has 0 atom stereocenters. The smallest absolute Gasteiger partial charge is 0.416 e. The van der Waals surface area contributed by atoms with Crippen LogP contribution in [0.15, 0.2) is 53.7 Å². The maximum atomic E-state index is 12.5. The molecule has 0 saturated heterocycles. The van der Waals surface area contributed by atoms with Gasteiger partial charge in [0.1, 0.15) is 0 Å². The number of alkyl halides is 3. The summed E-state index contributed by atoms with van der Waals surface area (Å²) in [6.45, 7) is 1.65. The molecule has 0 unspecified atom stereocenters. The van der Waals surface area contributed by atoms with Crippen LogP contribution in [0.1, 0.15) is 18.1 Å². The second-order valence-electron chi connectivity index (χ2n) is 4.49. The third-order valence-electron chi connectivity index (χ3n) is 2.98. The Kier molecular flexibility index (Phi) is 4.70. The molecule has 0 spiro atoms. The summed E-state index contributed by atoms with van der Waals surface area (Å²) in [5.74, 6) is 0.947. The van der Waals surface area contributed by atoms with Crippen LogP contribution in [0.5, 0.6) is 11.5 Å². The van der Waals surface area contributed by atoms with E-state index in [1.807, 2.05) is 0 Å². The first-order valence-electron chi connectivity index (χ1n) is 6.44. The van der Waals surface area contributed by atoms with Crippen LogP contribution in [0.2, 0.25) is 0 Å². The Bertz CT molecular complexity index is 664. The molecule has 2 aromatic rings. The van der Waals surface area contributed by atoms with Gasteiger partial charge in [0, 0.05) is 0 Å². The Hall–Kier alpha value is -2.50. The van der Waals surface area contributed by atoms with E-state index in [0.717, 1.165) is 12.1 Å². The number of ether oxygens (including phenoxy) is 1. The molecule has 2 aromatic carbocycles. The van der Waals surface area contributed by atoms with E-state index in [-0.39, 0.29) is 0 Å². The van der Waals surface area contributed by atoms with Crippen LogP contribution in [0.4, 0.5) is 13.2 Å². The van der Waals surface area contributed by atoms with Gasteiger partial charge in [0.05, 0.1) is 18.4 Å². The van der Waals surface area contributed by atoms with Crippen molar-refractivity contribution in [1.82, 2.24) is 0 Å². The second kappa shape index (κ2) is 6.51. The standard InChI is InChI=1S/C16H14F3NO2/c1-11(12-7-9-13(10-8-12)16(17,18)19)20-22-15-6-4-3-5-14(15)21-2/h3-10H,1-2H3/b20-11+. The third-order valence-corrected chi connectivity index (χ3v) is 2.98. The Balaban J connectivity index is 2.15. The average Bonchev–Trinajstić information content (AvgIpc) is 2.52. The van der Waals surface area contributed by atoms with Crippen LogP contribution in [0.3, 0.4) is 0 Å². The van der Waals surface area contributed by atoms with Crippen LogP contribution >= 0.6 is 0 Å². The van der Waals surface area contributed by atoms with Crippen molar-refractivity contribution in [1.29, 1.82) is 0 Å². The van der Waals surface area contributed by atoms with E-state index in [1.165, 1.54) is 19.2 Å². The number of hydrogen-bond donors (Lipinski definition) is 0. The summed E-state index contributed by atoms with van der Waals surface area (Å²) in [6.07, 6.45) is -4.35. The molecular weight excluding hydrogens is 295 g/mol. The molecule has 0 radical (unpaired) electrons. The van der Waals surface area contributed by atoms with Crippen molar-refractivity contribution in [3.8, 4) is 11.5 Å². The summed E-state index contributed by atoms with van der Waals surface area (Å²) in [6, 6.07) is 11.7. The van der Waals surface area contributed by atoms with Gasteiger partial charge in [0.25, 0.3) is 0 Å². The molecule has 0 aliphatic rings. The van der Waals surface area contributed by atoms with E-state index in [1.54, 1.807) is 31.2 Å². The van der Waals surface area contributed by atoms with Gasteiger partial charge in [-0.05, 0) is 36.8 Å². The summed E-state index contributed by atoms with van der Waals surface area (Å²) in [7, 11) is 1.51. The fraction of sp³-hybridized carbons (Fsp3) is 0.188. The molecule has 0 heterocycles. The lowest BCUT2D eigenvalue weighted by molar-refractivity contribution is -0.137. The van der Waals surface area contributed by atoms with Gasteiger partial charge >= 0.3 is 6.18 Å². The van der Waals surface area contributed by atoms with E-state index in [4.69, 9.17) is 9.57 Å². The molecule has 0 bridgehead atoms. The van der Waals surface area contributed by atoms with Gasteiger partial charge < -0.3 is 9.57 Å². The highest BCUT2D eigenvalue weighted by Gasteiger charge is 2.29. The minimum Gasteiger partial charge on any atom is -0.493 e. The fourth-order valence-corrected chi connectivity index (χ4v) is 1.76. The number of nitrogens with zero attached hydrogens (tertiary/aromatic N) is 1. The van der Waals surface area contributed by atoms with E-state index >= 15 is 0 Å². The molecule has 6 heteroatoms. The number of para-hydroxylation sites is 2. The Morgan fingerprint density at radius 1 is 0.955 bits per heavy atom. The van der Waals surface area contributed by atoms with Crippen molar-refractivity contribution in [2.75, 3.05) is 7.11 Å². The lowest BCUT2D eigenvalue weighted by Crippen LogP contribution is -2.05. The minimum absolute atomic E-state index is 0.427. The van der Waals surface area contributed by atoms with Gasteiger partial charge in [-0.15, -0.1) is 0 Å². The van der Waals surface area contributed by atoms with Crippen LogP contribution in [0, 0.1) is 0 Å². The highest BCUT2D eigenvalue weighted by atomic mass is 19.4. The van der Waals surface area contributed by atoms with Crippen molar-refractivity contribution in [2.45, 2.75) is 13.1 Å². The third kappa shape index (κ3) is 3.78. The SMILES string of the molecule is COc1ccccc1O/N=C(\C)c1ccc(C(F)(F)F)cc1. The van der Waals surface area contributed by atoms with Crippen molar-refractivity contribution in [3.63, 3.8) is 0 Å². The number of oxime groups is 1. The zero-order valence-corrected chi connectivity index (χ0v) is 12.0. The van der Waals surface area contributed by atoms with Gasteiger partial charge in [-0.3, -0.25) is 0 Å². The highest BCUT2D eigenvalue weighted by Crippen LogP contribution is 2.29. The van der Waals surface area contributed by atoms with Gasteiger partial charge in [-0.1, -0.05) is 29.4 Å². The molecule has 0 aliphatic carbocycles. The molecule has 0 N–H and O–H groups in total. The molecule has 22 heavy (non-hydrogen) atoms. The number of rotatable bonds is 4. The van der Waals surface area contributed by atoms with E-state index < -0.39 is 11.7 Å². The van der Waals surface area contributed by atoms with Gasteiger partial charge in [-0.2, -0.15) is 13.2 Å². The lowest BCUT2D eigenvalue weighted by Gasteiger charge is -2.08. The summed E-state index contributed by atoms with van der Waals surface area (Å²) >= 11 is 0. The van der Waals surface area contributed by atoms with Crippen molar-refractivity contribution in [3.05, 3.63) is 59.7 Å². The first-order valence-corrected chi connectivity index (χ1v) is 6.44. The summed E-state index contributed by atoms with van der Waals surface area (Å²) in [5.41, 5.74) is 0.303. The van der Waals surface area contributed by atoms with E-state index in [0.29, 0.717) is 22.8 Å². The Labute approximate surface area is 126 Å². The maximum absolute atomic E-state index is 12.5. The molecule has 0 saturated carbocycles. The number of benzene rings is 2. The van der Waals surface area contributed by atoms with Crippen LogP contribution in [-0.4, -0.2) is 12.8 Å². The van der Waals surface area contributed by atoms with Crippen LogP contribution in [0.25, 0.3) is 0 Å². The summed E-state index contributed by atoms with van der Waals surface area (Å²) in [4.78, 5) is 5.28. The number of methoxy groups -OCH3 is 1. The number of halogens is 3. The highest BCUT2D eigenvalue weighted by molar-refractivity contribution is 5.98. The molecule has 0 amide bonds. The minimum atomic E-state index is -4.35. The molecule has 0 aromatic heterocycles. The molecule has 3 nitrogen and oxygen atoms in total. The lowest BCUT2D eigenvalue weighted by atomic mass is 10.1. The zero-order valence-electron chi connectivity index (χ0n) is 12.0. The zero-order chi connectivity index (χ0) is 16.2. The van der Waals surface area contributed by atoms with E-state index in [2.05, 4.69) is 5.16 Å². The Morgan fingerprint density at radius 3 is 2.09 bits per heavy atom. The monoisotopic (exact) mass is 309 g/mol. The van der Waals surface area contributed by atoms with Crippen molar-refractivity contribution < 1.29 is 22.7 Å². The first-order chi connectivity index (χ1) is 10.4. The van der Waals surface area contributed by atoms with Crippen molar-refractivity contribution >= 4 is 5.71 Å². The molecule has 2 rings (SSSR count). The van der Waals surface area contributed by atoms with Crippen LogP contribution < -0.4 is 9.57 Å². The molecule has 0 fully saturated rings. The van der Waals surface area contributed by atoms with Gasteiger partial charge in [0.2, 0.25) is 0 Å². The normalized spacial score (nSPS) is 12.1. The quantitative estimate of drug-likeness (QED) is 0.614. The summed E-state index contributed by atoms with van der Waals surface area (Å²) in [5, 5.41) is 3.92. The van der Waals surface area contributed by atoms with Crippen LogP contribution in [-0.2, 0) is 6.18 Å². The first kappa shape index (κ1) is 15.9. The number of hydrogen-bond acceptors (Lipinski definition) is 3. The van der Waals surface area contributed by atoms with Crippen molar-refractivity contribution in [2.24, 2.45) is 5.16 Å². The molecule has 116 valence electrons. The predicted molar refractivity (Wildman–Crippen MR) is 77.3 cm³/mol. The second-order valence-corrected chi connectivity index (χ2v) is 4.49. The maximum Gasteiger partial charge on any atom is 0.416 e. The Morgan fingerprint density at radius 2 is 1.55 bits per heavy atom. The predicted octanol–water partition coefficient (Wildman–Crippen LogP) is 4.52. The topological polar surface area (TPSA) is 30.8 Å². The average molecular weight is 309 g/mol. The molecule has 0 aliphatic heterocycles.